The molecule has 0 saturated carbocycles. The number of hydrogen-bond acceptors (Lipinski definition) is 5. The third kappa shape index (κ3) is 4.69. The van der Waals surface area contributed by atoms with Gasteiger partial charge in [-0.2, -0.15) is 13.2 Å². The highest BCUT2D eigenvalue weighted by atomic mass is 32.2. The fraction of sp³-hybridized carbons (Fsp3) is 0.200. The van der Waals surface area contributed by atoms with Gasteiger partial charge in [-0.3, -0.25) is 0 Å². The Bertz CT molecular complexity index is 826. The first kappa shape index (κ1) is 19.2. The predicted octanol–water partition coefficient (Wildman–Crippen LogP) is 1.77. The van der Waals surface area contributed by atoms with Crippen LogP contribution in [0.25, 0.3) is 0 Å². The molecule has 0 amide bonds. The van der Waals surface area contributed by atoms with E-state index in [-0.39, 0.29) is 22.7 Å². The summed E-state index contributed by atoms with van der Waals surface area (Å²) in [6.07, 6.45) is -4.52. The Labute approximate surface area is 143 Å². The van der Waals surface area contributed by atoms with Gasteiger partial charge in [0.05, 0.1) is 16.5 Å². The van der Waals surface area contributed by atoms with Crippen molar-refractivity contribution >= 4 is 15.7 Å². The fourth-order valence-corrected chi connectivity index (χ4v) is 3.07. The Hall–Kier alpha value is -2.14. The van der Waals surface area contributed by atoms with Gasteiger partial charge in [0.15, 0.2) is 0 Å². The highest BCUT2D eigenvalue weighted by Gasteiger charge is 2.31. The lowest BCUT2D eigenvalue weighted by Gasteiger charge is -2.20. The van der Waals surface area contributed by atoms with Crippen molar-refractivity contribution in [1.82, 2.24) is 10.3 Å². The number of nitrogens with two attached hydrogens (primary N) is 2. The van der Waals surface area contributed by atoms with E-state index in [1.807, 2.05) is 0 Å². The zero-order valence-electron chi connectivity index (χ0n) is 12.9. The Morgan fingerprint density at radius 1 is 1.08 bits per heavy atom. The molecule has 2 aromatic rings. The van der Waals surface area contributed by atoms with Gasteiger partial charge >= 0.3 is 6.18 Å². The molecule has 0 heterocycles. The van der Waals surface area contributed by atoms with Crippen LogP contribution in [0.2, 0.25) is 0 Å². The number of sulfonamides is 1. The molecule has 136 valence electrons. The minimum Gasteiger partial charge on any atom is -0.398 e. The van der Waals surface area contributed by atoms with Crippen molar-refractivity contribution in [3.63, 3.8) is 0 Å². The number of hydrogen-bond donors (Lipinski definition) is 4. The van der Waals surface area contributed by atoms with E-state index in [9.17, 15) is 21.6 Å². The van der Waals surface area contributed by atoms with Gasteiger partial charge < -0.3 is 11.5 Å². The minimum absolute atomic E-state index is 0.0265. The molecule has 25 heavy (non-hydrogen) atoms. The molecule has 0 saturated heterocycles. The second-order valence-electron chi connectivity index (χ2n) is 5.19. The fourth-order valence-electron chi connectivity index (χ4n) is 2.14. The predicted molar refractivity (Wildman–Crippen MR) is 87.6 cm³/mol. The quantitative estimate of drug-likeness (QED) is 0.455. The molecule has 1 unspecified atom stereocenters. The molecule has 0 bridgehead atoms. The van der Waals surface area contributed by atoms with Gasteiger partial charge in [0.1, 0.15) is 0 Å². The van der Waals surface area contributed by atoms with E-state index in [4.69, 9.17) is 11.5 Å². The molecule has 0 fully saturated rings. The first-order chi connectivity index (χ1) is 11.6. The van der Waals surface area contributed by atoms with Crippen molar-refractivity contribution in [3.8, 4) is 0 Å². The van der Waals surface area contributed by atoms with Gasteiger partial charge in [0.25, 0.3) is 10.0 Å². The van der Waals surface area contributed by atoms with Gasteiger partial charge in [-0.15, -0.1) is 4.83 Å². The highest BCUT2D eigenvalue weighted by molar-refractivity contribution is 7.89. The van der Waals surface area contributed by atoms with Gasteiger partial charge in [-0.05, 0) is 29.8 Å². The second-order valence-corrected chi connectivity index (χ2v) is 6.88. The molecule has 1 atom stereocenters. The lowest BCUT2D eigenvalue weighted by atomic mass is 10.0. The number of nitrogens with one attached hydrogen (secondary N) is 2. The standard InChI is InChI=1S/C15H17F3N4O2S/c16-15(17,18)10-6-7-12(13(20)8-10)14(9-19)21-22-25(23,24)11-4-2-1-3-5-11/h1-8,14,21-22H,9,19-20H2. The summed E-state index contributed by atoms with van der Waals surface area (Å²) in [5, 5.41) is 0. The third-order valence-corrected chi connectivity index (χ3v) is 4.73. The lowest BCUT2D eigenvalue weighted by Crippen LogP contribution is -2.42. The number of rotatable bonds is 6. The van der Waals surface area contributed by atoms with Gasteiger partial charge in [0, 0.05) is 12.2 Å². The van der Waals surface area contributed by atoms with E-state index in [2.05, 4.69) is 10.3 Å². The van der Waals surface area contributed by atoms with Crippen LogP contribution in [-0.2, 0) is 16.2 Å². The molecular weight excluding hydrogens is 357 g/mol. The summed E-state index contributed by atoms with van der Waals surface area (Å²) in [6.45, 7) is -0.0904. The largest absolute Gasteiger partial charge is 0.416 e. The highest BCUT2D eigenvalue weighted by Crippen LogP contribution is 2.32. The number of hydrazine groups is 1. The smallest absolute Gasteiger partial charge is 0.398 e. The molecule has 0 aliphatic heterocycles. The number of benzene rings is 2. The van der Waals surface area contributed by atoms with E-state index in [0.29, 0.717) is 0 Å². The zero-order chi connectivity index (χ0) is 18.7. The first-order valence-electron chi connectivity index (χ1n) is 7.14. The van der Waals surface area contributed by atoms with Crippen LogP contribution in [-0.4, -0.2) is 15.0 Å². The Kier molecular flexibility index (Phi) is 5.68. The van der Waals surface area contributed by atoms with Gasteiger partial charge in [-0.25, -0.2) is 13.8 Å². The second kappa shape index (κ2) is 7.40. The zero-order valence-corrected chi connectivity index (χ0v) is 13.7. The molecule has 0 aliphatic rings. The van der Waals surface area contributed by atoms with E-state index < -0.39 is 27.8 Å². The topological polar surface area (TPSA) is 110 Å². The first-order valence-corrected chi connectivity index (χ1v) is 8.62. The molecule has 2 aromatic carbocycles. The summed E-state index contributed by atoms with van der Waals surface area (Å²) in [5.41, 5.74) is 13.0. The van der Waals surface area contributed by atoms with Crippen molar-refractivity contribution in [2.24, 2.45) is 5.73 Å². The third-order valence-electron chi connectivity index (χ3n) is 3.45. The van der Waals surface area contributed by atoms with Crippen LogP contribution < -0.4 is 21.7 Å². The molecular formula is C15H17F3N4O2S. The number of alkyl halides is 3. The summed E-state index contributed by atoms with van der Waals surface area (Å²) in [7, 11) is -3.86. The Morgan fingerprint density at radius 3 is 2.24 bits per heavy atom. The van der Waals surface area contributed by atoms with Crippen LogP contribution in [0.5, 0.6) is 0 Å². The molecule has 6 nitrogen and oxygen atoms in total. The monoisotopic (exact) mass is 374 g/mol. The SMILES string of the molecule is NCC(NNS(=O)(=O)c1ccccc1)c1ccc(C(F)(F)F)cc1N. The van der Waals surface area contributed by atoms with E-state index in [1.54, 1.807) is 18.2 Å². The normalized spacial score (nSPS) is 13.6. The van der Waals surface area contributed by atoms with Crippen LogP contribution in [0, 0.1) is 0 Å². The van der Waals surface area contributed by atoms with E-state index in [0.717, 1.165) is 12.1 Å². The Morgan fingerprint density at radius 2 is 1.72 bits per heavy atom. The lowest BCUT2D eigenvalue weighted by molar-refractivity contribution is -0.137. The summed E-state index contributed by atoms with van der Waals surface area (Å²) in [6, 6.07) is 9.58. The van der Waals surface area contributed by atoms with Crippen LogP contribution in [0.15, 0.2) is 53.4 Å². The number of nitrogen functional groups attached to an aromatic ring is 1. The van der Waals surface area contributed by atoms with Gasteiger partial charge in [-0.1, -0.05) is 24.3 Å². The summed E-state index contributed by atoms with van der Waals surface area (Å²) < 4.78 is 62.4. The van der Waals surface area contributed by atoms with Crippen molar-refractivity contribution in [1.29, 1.82) is 0 Å². The molecule has 0 radical (unpaired) electrons. The Balaban J connectivity index is 2.18. The van der Waals surface area contributed by atoms with Crippen molar-refractivity contribution in [2.45, 2.75) is 17.1 Å². The maximum atomic E-state index is 12.7. The maximum Gasteiger partial charge on any atom is 0.416 e. The van der Waals surface area contributed by atoms with Crippen LogP contribution in [0.3, 0.4) is 0 Å². The van der Waals surface area contributed by atoms with Crippen LogP contribution in [0.1, 0.15) is 17.2 Å². The van der Waals surface area contributed by atoms with Crippen LogP contribution in [0.4, 0.5) is 18.9 Å². The van der Waals surface area contributed by atoms with E-state index in [1.165, 1.54) is 18.2 Å². The average Bonchev–Trinajstić information content (AvgIpc) is 2.56. The molecule has 10 heteroatoms. The summed E-state index contributed by atoms with van der Waals surface area (Å²) >= 11 is 0. The summed E-state index contributed by atoms with van der Waals surface area (Å²) in [4.78, 5) is 2.19. The van der Waals surface area contributed by atoms with Gasteiger partial charge in [0.2, 0.25) is 0 Å². The molecule has 0 aromatic heterocycles. The van der Waals surface area contributed by atoms with Crippen LogP contribution >= 0.6 is 0 Å². The van der Waals surface area contributed by atoms with Crippen molar-refractivity contribution < 1.29 is 21.6 Å². The molecule has 6 N–H and O–H groups in total. The molecule has 0 aliphatic carbocycles. The van der Waals surface area contributed by atoms with E-state index >= 15 is 0 Å². The molecule has 0 spiro atoms. The number of anilines is 1. The summed E-state index contributed by atoms with van der Waals surface area (Å²) in [5.74, 6) is 0. The van der Waals surface area contributed by atoms with Crippen molar-refractivity contribution in [2.75, 3.05) is 12.3 Å². The molecule has 2 rings (SSSR count). The van der Waals surface area contributed by atoms with Crippen molar-refractivity contribution in [3.05, 3.63) is 59.7 Å². The maximum absolute atomic E-state index is 12.7. The average molecular weight is 374 g/mol. The number of halogens is 3. The minimum atomic E-state index is -4.52.